The number of benzene rings is 2. The summed E-state index contributed by atoms with van der Waals surface area (Å²) >= 11 is 18.0. The second-order valence-electron chi connectivity index (χ2n) is 5.01. The van der Waals surface area contributed by atoms with Crippen molar-refractivity contribution in [3.63, 3.8) is 0 Å². The average molecular weight is 381 g/mol. The highest BCUT2D eigenvalue weighted by molar-refractivity contribution is 6.42. The lowest BCUT2D eigenvalue weighted by Crippen LogP contribution is -2.02. The Balaban J connectivity index is 1.78. The van der Waals surface area contributed by atoms with Crippen LogP contribution in [0.5, 0.6) is 0 Å². The maximum atomic E-state index is 6.12. The van der Waals surface area contributed by atoms with E-state index in [1.807, 2.05) is 25.1 Å². The first kappa shape index (κ1) is 16.8. The number of nitrogens with one attached hydrogen (secondary N) is 2. The fraction of sp³-hybridized carbons (Fsp3) is 0.0625. The van der Waals surface area contributed by atoms with Gasteiger partial charge >= 0.3 is 0 Å². The SMILES string of the molecule is Cc1ccc(Nc2cnnc(Nc3ccc(Cl)c(Cl)c3)n2)cc1Cl. The molecule has 5 nitrogen and oxygen atoms in total. The Kier molecular flexibility index (Phi) is 5.04. The summed E-state index contributed by atoms with van der Waals surface area (Å²) in [6.45, 7) is 1.94. The standard InChI is InChI=1S/C16H12Cl3N5/c1-9-2-3-10(6-13(9)18)21-15-8-20-24-16(23-15)22-11-4-5-12(17)14(19)7-11/h2-8H,1H3,(H2,21,22,23,24). The van der Waals surface area contributed by atoms with Gasteiger partial charge in [-0.1, -0.05) is 40.9 Å². The second-order valence-corrected chi connectivity index (χ2v) is 6.23. The van der Waals surface area contributed by atoms with Gasteiger partial charge in [0.15, 0.2) is 5.82 Å². The molecule has 0 fully saturated rings. The minimum Gasteiger partial charge on any atom is -0.339 e. The van der Waals surface area contributed by atoms with E-state index in [0.717, 1.165) is 11.3 Å². The van der Waals surface area contributed by atoms with Crippen LogP contribution in [0.1, 0.15) is 5.56 Å². The molecule has 0 atom stereocenters. The van der Waals surface area contributed by atoms with E-state index in [-0.39, 0.29) is 0 Å². The lowest BCUT2D eigenvalue weighted by atomic mass is 10.2. The smallest absolute Gasteiger partial charge is 0.249 e. The Hall–Kier alpha value is -2.08. The summed E-state index contributed by atoms with van der Waals surface area (Å²) in [6, 6.07) is 10.8. The van der Waals surface area contributed by atoms with E-state index in [1.165, 1.54) is 6.20 Å². The molecular weight excluding hydrogens is 369 g/mol. The van der Waals surface area contributed by atoms with Crippen molar-refractivity contribution in [3.05, 3.63) is 63.2 Å². The molecule has 0 saturated heterocycles. The van der Waals surface area contributed by atoms with Crippen LogP contribution in [-0.4, -0.2) is 15.2 Å². The zero-order valence-corrected chi connectivity index (χ0v) is 14.8. The van der Waals surface area contributed by atoms with Gasteiger partial charge in [-0.15, -0.1) is 5.10 Å². The maximum Gasteiger partial charge on any atom is 0.249 e. The van der Waals surface area contributed by atoms with Gasteiger partial charge in [0.1, 0.15) is 0 Å². The molecule has 0 bridgehead atoms. The molecule has 122 valence electrons. The number of halogens is 3. The molecule has 0 spiro atoms. The topological polar surface area (TPSA) is 62.7 Å². The van der Waals surface area contributed by atoms with Crippen molar-refractivity contribution < 1.29 is 0 Å². The van der Waals surface area contributed by atoms with E-state index in [1.54, 1.807) is 18.2 Å². The fourth-order valence-corrected chi connectivity index (χ4v) is 2.42. The predicted octanol–water partition coefficient (Wildman–Crippen LogP) is 5.63. The second kappa shape index (κ2) is 7.21. The molecule has 1 heterocycles. The van der Waals surface area contributed by atoms with Crippen LogP contribution in [0.25, 0.3) is 0 Å². The molecule has 2 aromatic carbocycles. The van der Waals surface area contributed by atoms with E-state index in [2.05, 4.69) is 25.8 Å². The molecular formula is C16H12Cl3N5. The van der Waals surface area contributed by atoms with Crippen LogP contribution in [0, 0.1) is 6.92 Å². The van der Waals surface area contributed by atoms with Crippen LogP contribution in [0.2, 0.25) is 15.1 Å². The highest BCUT2D eigenvalue weighted by Gasteiger charge is 2.05. The first-order chi connectivity index (χ1) is 11.5. The van der Waals surface area contributed by atoms with E-state index < -0.39 is 0 Å². The van der Waals surface area contributed by atoms with E-state index >= 15 is 0 Å². The van der Waals surface area contributed by atoms with Gasteiger partial charge in [-0.3, -0.25) is 0 Å². The zero-order chi connectivity index (χ0) is 17.1. The van der Waals surface area contributed by atoms with Crippen molar-refractivity contribution in [1.29, 1.82) is 0 Å². The molecule has 0 aliphatic rings. The number of aromatic nitrogens is 3. The van der Waals surface area contributed by atoms with Crippen molar-refractivity contribution in [3.8, 4) is 0 Å². The summed E-state index contributed by atoms with van der Waals surface area (Å²) in [5.41, 5.74) is 2.53. The van der Waals surface area contributed by atoms with Crippen LogP contribution in [0.3, 0.4) is 0 Å². The highest BCUT2D eigenvalue weighted by Crippen LogP contribution is 2.26. The molecule has 0 unspecified atom stereocenters. The molecule has 0 amide bonds. The zero-order valence-electron chi connectivity index (χ0n) is 12.5. The lowest BCUT2D eigenvalue weighted by Gasteiger charge is -2.09. The predicted molar refractivity (Wildman–Crippen MR) is 99.0 cm³/mol. The minimum atomic E-state index is 0.330. The molecule has 3 rings (SSSR count). The van der Waals surface area contributed by atoms with E-state index in [0.29, 0.717) is 32.5 Å². The van der Waals surface area contributed by atoms with Crippen molar-refractivity contribution in [2.24, 2.45) is 0 Å². The molecule has 1 aromatic heterocycles. The summed E-state index contributed by atoms with van der Waals surface area (Å²) in [6.07, 6.45) is 1.52. The van der Waals surface area contributed by atoms with Gasteiger partial charge in [0.05, 0.1) is 16.2 Å². The minimum absolute atomic E-state index is 0.330. The molecule has 2 N–H and O–H groups in total. The first-order valence-electron chi connectivity index (χ1n) is 6.96. The number of anilines is 4. The highest BCUT2D eigenvalue weighted by atomic mass is 35.5. The van der Waals surface area contributed by atoms with Crippen LogP contribution >= 0.6 is 34.8 Å². The Morgan fingerprint density at radius 1 is 0.833 bits per heavy atom. The first-order valence-corrected chi connectivity index (χ1v) is 8.09. The number of rotatable bonds is 4. The number of hydrogen-bond acceptors (Lipinski definition) is 5. The van der Waals surface area contributed by atoms with Crippen LogP contribution in [0.4, 0.5) is 23.1 Å². The van der Waals surface area contributed by atoms with Crippen LogP contribution in [0.15, 0.2) is 42.6 Å². The number of nitrogens with zero attached hydrogens (tertiary/aromatic N) is 3. The van der Waals surface area contributed by atoms with Crippen molar-refractivity contribution in [2.75, 3.05) is 10.6 Å². The molecule has 0 aliphatic heterocycles. The summed E-state index contributed by atoms with van der Waals surface area (Å²) in [4.78, 5) is 4.35. The van der Waals surface area contributed by atoms with E-state index in [9.17, 15) is 0 Å². The van der Waals surface area contributed by atoms with Gasteiger partial charge in [0.25, 0.3) is 0 Å². The molecule has 8 heteroatoms. The maximum absolute atomic E-state index is 6.12. The largest absolute Gasteiger partial charge is 0.339 e. The van der Waals surface area contributed by atoms with Crippen molar-refractivity contribution in [2.45, 2.75) is 6.92 Å². The Morgan fingerprint density at radius 2 is 1.54 bits per heavy atom. The van der Waals surface area contributed by atoms with Gasteiger partial charge < -0.3 is 10.6 Å². The third-order valence-electron chi connectivity index (χ3n) is 3.18. The van der Waals surface area contributed by atoms with Crippen molar-refractivity contribution >= 4 is 57.9 Å². The summed E-state index contributed by atoms with van der Waals surface area (Å²) < 4.78 is 0. The molecule has 0 aliphatic carbocycles. The fourth-order valence-electron chi connectivity index (χ4n) is 1.94. The molecule has 24 heavy (non-hydrogen) atoms. The quantitative estimate of drug-likeness (QED) is 0.614. The van der Waals surface area contributed by atoms with Gasteiger partial charge in [0.2, 0.25) is 5.95 Å². The third kappa shape index (κ3) is 4.06. The van der Waals surface area contributed by atoms with Crippen LogP contribution in [-0.2, 0) is 0 Å². The lowest BCUT2D eigenvalue weighted by molar-refractivity contribution is 0.982. The molecule has 3 aromatic rings. The molecule has 0 saturated carbocycles. The normalized spacial score (nSPS) is 10.5. The van der Waals surface area contributed by atoms with Gasteiger partial charge in [-0.2, -0.15) is 10.1 Å². The summed E-state index contributed by atoms with van der Waals surface area (Å²) in [7, 11) is 0. The Bertz CT molecular complexity index is 817. The Labute approximate surface area is 154 Å². The monoisotopic (exact) mass is 379 g/mol. The third-order valence-corrected chi connectivity index (χ3v) is 4.33. The Morgan fingerprint density at radius 3 is 2.29 bits per heavy atom. The number of aryl methyl sites for hydroxylation is 1. The summed E-state index contributed by atoms with van der Waals surface area (Å²) in [5, 5.41) is 15.6. The van der Waals surface area contributed by atoms with Gasteiger partial charge in [-0.05, 0) is 42.8 Å². The molecule has 0 radical (unpaired) electrons. The van der Waals surface area contributed by atoms with Crippen LogP contribution < -0.4 is 10.6 Å². The summed E-state index contributed by atoms with van der Waals surface area (Å²) in [5.74, 6) is 0.865. The van der Waals surface area contributed by atoms with Crippen molar-refractivity contribution in [1.82, 2.24) is 15.2 Å². The average Bonchev–Trinajstić information content (AvgIpc) is 2.55. The van der Waals surface area contributed by atoms with Gasteiger partial charge in [-0.25, -0.2) is 0 Å². The van der Waals surface area contributed by atoms with Gasteiger partial charge in [0, 0.05) is 16.4 Å². The van der Waals surface area contributed by atoms with E-state index in [4.69, 9.17) is 34.8 Å². The number of hydrogen-bond donors (Lipinski definition) is 2.